The highest BCUT2D eigenvalue weighted by atomic mass is 32.2. The van der Waals surface area contributed by atoms with Crippen LogP contribution in [0.3, 0.4) is 0 Å². The number of halogens is 5. The Hall–Kier alpha value is -5.14. The number of likely N-dealkylation sites (N-methyl/N-ethyl adjacent to an activating group) is 1. The van der Waals surface area contributed by atoms with Crippen molar-refractivity contribution in [3.8, 4) is 29.0 Å². The summed E-state index contributed by atoms with van der Waals surface area (Å²) >= 11 is 0.532. The second kappa shape index (κ2) is 13.1. The number of nitrogen functional groups attached to an aromatic ring is 1. The number of nitriles is 1. The molecule has 0 saturated heterocycles. The maximum absolute atomic E-state index is 17.1. The number of hydrogen-bond acceptors (Lipinski definition) is 11. The van der Waals surface area contributed by atoms with Crippen molar-refractivity contribution < 1.29 is 31.4 Å². The van der Waals surface area contributed by atoms with E-state index in [9.17, 15) is 9.65 Å². The highest BCUT2D eigenvalue weighted by Crippen LogP contribution is 2.52. The molecule has 4 heterocycles. The summed E-state index contributed by atoms with van der Waals surface area (Å²) in [6.45, 7) is 5.67. The Balaban J connectivity index is 1.67. The minimum absolute atomic E-state index is 0.00582. The summed E-state index contributed by atoms with van der Waals surface area (Å²) in [6.07, 6.45) is -0.400. The van der Waals surface area contributed by atoms with Crippen molar-refractivity contribution in [1.29, 1.82) is 5.26 Å². The molecule has 0 fully saturated rings. The van der Waals surface area contributed by atoms with Gasteiger partial charge in [0.05, 0.1) is 33.5 Å². The first-order valence-corrected chi connectivity index (χ1v) is 15.7. The Bertz CT molecular complexity index is 2050. The molecule has 2 unspecified atom stereocenters. The minimum atomic E-state index is -5.23. The van der Waals surface area contributed by atoms with E-state index in [1.54, 1.807) is 30.0 Å². The third-order valence-corrected chi connectivity index (χ3v) is 9.08. The molecule has 0 radical (unpaired) electrons. The molecule has 0 spiro atoms. The van der Waals surface area contributed by atoms with Crippen molar-refractivity contribution in [3.05, 3.63) is 82.5 Å². The van der Waals surface area contributed by atoms with Crippen LogP contribution in [0.15, 0.2) is 59.1 Å². The Kier molecular flexibility index (Phi) is 8.99. The average Bonchev–Trinajstić information content (AvgIpc) is 3.40. The molecule has 254 valence electrons. The molecule has 0 bridgehead atoms. The fourth-order valence-corrected chi connectivity index (χ4v) is 6.70. The lowest BCUT2D eigenvalue weighted by Gasteiger charge is -2.27. The molecule has 0 amide bonds. The van der Waals surface area contributed by atoms with E-state index in [0.29, 0.717) is 23.9 Å². The normalized spacial score (nSPS) is 16.7. The van der Waals surface area contributed by atoms with E-state index in [-0.39, 0.29) is 53.8 Å². The molecule has 49 heavy (non-hydrogen) atoms. The first kappa shape index (κ1) is 33.7. The lowest BCUT2D eigenvalue weighted by molar-refractivity contribution is -0.138. The number of aromatic nitrogens is 3. The number of alkyl halides is 3. The first-order chi connectivity index (χ1) is 23.3. The van der Waals surface area contributed by atoms with Gasteiger partial charge in [-0.15, -0.1) is 0 Å². The molecule has 10 nitrogen and oxygen atoms in total. The smallest absolute Gasteiger partial charge is 0.420 e. The van der Waals surface area contributed by atoms with Gasteiger partial charge in [-0.05, 0) is 32.2 Å². The topological polar surface area (TPSA) is 139 Å². The van der Waals surface area contributed by atoms with Crippen molar-refractivity contribution >= 4 is 34.3 Å². The van der Waals surface area contributed by atoms with Gasteiger partial charge in [0.15, 0.2) is 5.82 Å². The van der Waals surface area contributed by atoms with Crippen molar-refractivity contribution in [2.24, 2.45) is 5.73 Å². The highest BCUT2D eigenvalue weighted by molar-refractivity contribution is 8.03. The summed E-state index contributed by atoms with van der Waals surface area (Å²) in [6, 6.07) is 6.31. The number of anilines is 2. The zero-order valence-corrected chi connectivity index (χ0v) is 27.0. The van der Waals surface area contributed by atoms with E-state index in [2.05, 4.69) is 21.5 Å². The predicted octanol–water partition coefficient (Wildman–Crippen LogP) is 6.00. The number of thioether (sulfide) groups is 1. The van der Waals surface area contributed by atoms with Gasteiger partial charge in [0.25, 0.3) is 0 Å². The largest absolute Gasteiger partial charge is 0.490 e. The van der Waals surface area contributed by atoms with Crippen molar-refractivity contribution in [2.45, 2.75) is 36.7 Å². The summed E-state index contributed by atoms with van der Waals surface area (Å²) in [5.74, 6) is -3.05. The lowest BCUT2D eigenvalue weighted by Crippen LogP contribution is -2.38. The number of ether oxygens (including phenoxy) is 2. The standard InChI is InChI=1S/C33H29F5N8O2S/c1-16(22-7-5-11-45(22)3)48-32-43-27-24-28(47-13-12-46(31(24)44-32)15-18-6-4-10-42-30(18)41)25(33(36,37)38)23(26(27)35)19-8-9-21(34)29(20(19)14-39)49-17(2)40/h4-10,16,22H,2,11-13,15,40H2,1,3H3,(H2,41,42). The maximum Gasteiger partial charge on any atom is 0.420 e. The number of rotatable bonds is 8. The molecule has 0 aliphatic carbocycles. The molecule has 0 saturated carbocycles. The molecule has 2 aromatic heterocycles. The van der Waals surface area contributed by atoms with Crippen LogP contribution in [0.5, 0.6) is 11.8 Å². The molecule has 2 aliphatic rings. The van der Waals surface area contributed by atoms with Crippen LogP contribution in [0, 0.1) is 23.0 Å². The van der Waals surface area contributed by atoms with E-state index < -0.39 is 62.3 Å². The molecule has 2 atom stereocenters. The van der Waals surface area contributed by atoms with Crippen LogP contribution in [-0.4, -0.2) is 58.7 Å². The summed E-state index contributed by atoms with van der Waals surface area (Å²) in [5, 5.41) is 9.58. The number of benzene rings is 2. The van der Waals surface area contributed by atoms with Crippen LogP contribution in [0.2, 0.25) is 0 Å². The van der Waals surface area contributed by atoms with Crippen LogP contribution in [0.1, 0.15) is 23.6 Å². The van der Waals surface area contributed by atoms with Gasteiger partial charge in [-0.2, -0.15) is 28.4 Å². The SMILES string of the molecule is C=C(N)Sc1c(F)ccc(-c2c(C(F)(F)F)c3c4c(nc(OC(C)C5C=CCN5C)nc4c2F)N(Cc2cccnc2N)CCO3)c1C#N. The molecular weight excluding hydrogens is 667 g/mol. The van der Waals surface area contributed by atoms with Gasteiger partial charge >= 0.3 is 12.2 Å². The quantitative estimate of drug-likeness (QED) is 0.127. The minimum Gasteiger partial charge on any atom is -0.490 e. The lowest BCUT2D eigenvalue weighted by atomic mass is 9.92. The second-order valence-corrected chi connectivity index (χ2v) is 12.6. The number of hydrogen-bond donors (Lipinski definition) is 2. The number of pyridine rings is 1. The summed E-state index contributed by atoms with van der Waals surface area (Å²) in [7, 11) is 1.88. The summed E-state index contributed by atoms with van der Waals surface area (Å²) in [4.78, 5) is 16.1. The fourth-order valence-electron chi connectivity index (χ4n) is 6.01. The molecule has 4 aromatic rings. The van der Waals surface area contributed by atoms with E-state index in [0.717, 1.165) is 12.1 Å². The Morgan fingerprint density at radius 1 is 1.27 bits per heavy atom. The van der Waals surface area contributed by atoms with Crippen molar-refractivity contribution in [1.82, 2.24) is 19.9 Å². The molecule has 6 rings (SSSR count). The van der Waals surface area contributed by atoms with Gasteiger partial charge in [-0.1, -0.05) is 36.6 Å². The first-order valence-electron chi connectivity index (χ1n) is 14.9. The van der Waals surface area contributed by atoms with Crippen LogP contribution in [0.25, 0.3) is 22.0 Å². The summed E-state index contributed by atoms with van der Waals surface area (Å²) in [5.41, 5.74) is 8.04. The van der Waals surface area contributed by atoms with Gasteiger partial charge < -0.3 is 25.8 Å². The molecule has 2 aromatic carbocycles. The zero-order valence-electron chi connectivity index (χ0n) is 26.2. The van der Waals surface area contributed by atoms with E-state index in [4.69, 9.17) is 20.9 Å². The predicted molar refractivity (Wildman–Crippen MR) is 175 cm³/mol. The van der Waals surface area contributed by atoms with E-state index in [1.807, 2.05) is 24.1 Å². The van der Waals surface area contributed by atoms with Gasteiger partial charge in [0.2, 0.25) is 0 Å². The van der Waals surface area contributed by atoms with Crippen LogP contribution < -0.4 is 25.8 Å². The van der Waals surface area contributed by atoms with E-state index >= 15 is 17.6 Å². The fraction of sp³-hybridized carbons (Fsp3) is 0.273. The van der Waals surface area contributed by atoms with Crippen molar-refractivity contribution in [2.75, 3.05) is 37.4 Å². The molecule has 2 aliphatic heterocycles. The van der Waals surface area contributed by atoms with Crippen LogP contribution >= 0.6 is 11.8 Å². The molecule has 4 N–H and O–H groups in total. The average molecular weight is 697 g/mol. The second-order valence-electron chi connectivity index (χ2n) is 11.4. The van der Waals surface area contributed by atoms with E-state index in [1.165, 1.54) is 6.20 Å². The summed E-state index contributed by atoms with van der Waals surface area (Å²) < 4.78 is 89.6. The van der Waals surface area contributed by atoms with Gasteiger partial charge in [-0.3, -0.25) is 4.90 Å². The third kappa shape index (κ3) is 6.27. The number of nitrogens with two attached hydrogens (primary N) is 2. The monoisotopic (exact) mass is 696 g/mol. The van der Waals surface area contributed by atoms with Gasteiger partial charge in [-0.25, -0.2) is 13.8 Å². The number of nitrogens with zero attached hydrogens (tertiary/aromatic N) is 6. The Labute approximate surface area is 281 Å². The van der Waals surface area contributed by atoms with Crippen LogP contribution in [-0.2, 0) is 12.7 Å². The van der Waals surface area contributed by atoms with Crippen molar-refractivity contribution in [3.63, 3.8) is 0 Å². The highest BCUT2D eigenvalue weighted by Gasteiger charge is 2.44. The van der Waals surface area contributed by atoms with Crippen LogP contribution in [0.4, 0.5) is 33.6 Å². The zero-order chi connectivity index (χ0) is 35.2. The van der Waals surface area contributed by atoms with Gasteiger partial charge in [0, 0.05) is 36.0 Å². The molecular formula is C33H29F5N8O2S. The third-order valence-electron chi connectivity index (χ3n) is 8.21. The Morgan fingerprint density at radius 3 is 2.69 bits per heavy atom. The molecule has 16 heteroatoms. The van der Waals surface area contributed by atoms with Gasteiger partial charge in [0.1, 0.15) is 53.1 Å². The Morgan fingerprint density at radius 2 is 2.04 bits per heavy atom. The maximum atomic E-state index is 17.1.